The summed E-state index contributed by atoms with van der Waals surface area (Å²) in [6, 6.07) is 0. The molecule has 0 aliphatic rings. The zero-order valence-corrected chi connectivity index (χ0v) is 7.60. The fourth-order valence-electron chi connectivity index (χ4n) is 0. The first-order valence-electron chi connectivity index (χ1n) is 1.73. The minimum atomic E-state index is -9.99. The SMILES string of the molecule is [O]=[Ba](=[O])(=[O])(=[O])(=[O])=[O]. The fraction of sp³-hybridized carbons (Fsp3) is 0. The molecule has 0 rings (SSSR count). The molecule has 0 radical (unpaired) electrons. The summed E-state index contributed by atoms with van der Waals surface area (Å²) in [6.45, 7) is 0. The van der Waals surface area contributed by atoms with E-state index in [-0.39, 0.29) is 0 Å². The van der Waals surface area contributed by atoms with E-state index in [1.807, 2.05) is 0 Å². The van der Waals surface area contributed by atoms with Crippen LogP contribution in [0.25, 0.3) is 0 Å². The number of hydrogen-bond acceptors (Lipinski definition) is 6. The molecule has 0 unspecified atom stereocenters. The van der Waals surface area contributed by atoms with Crippen LogP contribution in [0.2, 0.25) is 0 Å². The molecule has 0 aromatic carbocycles. The van der Waals surface area contributed by atoms with E-state index >= 15 is 0 Å². The number of rotatable bonds is 0. The van der Waals surface area contributed by atoms with Gasteiger partial charge in [0.2, 0.25) is 0 Å². The van der Waals surface area contributed by atoms with Crippen molar-refractivity contribution in [3.8, 4) is 0 Å². The maximum atomic E-state index is 8.70. The Morgan fingerprint density at radius 2 is 0.571 bits per heavy atom. The predicted molar refractivity (Wildman–Crippen MR) is 9.87 cm³/mol. The quantitative estimate of drug-likeness (QED) is 0.492. The summed E-state index contributed by atoms with van der Waals surface area (Å²) >= 11 is -9.99. The van der Waals surface area contributed by atoms with Gasteiger partial charge < -0.3 is 0 Å². The van der Waals surface area contributed by atoms with E-state index in [1.165, 1.54) is 0 Å². The Morgan fingerprint density at radius 3 is 0.571 bits per heavy atom. The van der Waals surface area contributed by atoms with Crippen LogP contribution in [0.1, 0.15) is 0 Å². The van der Waals surface area contributed by atoms with Crippen molar-refractivity contribution in [2.24, 2.45) is 0 Å². The molecule has 0 saturated heterocycles. The van der Waals surface area contributed by atoms with Crippen LogP contribution in [-0.2, 0) is 0.239 Å². The molecule has 0 atom stereocenters. The summed E-state index contributed by atoms with van der Waals surface area (Å²) in [5.41, 5.74) is 0. The second-order valence-electron chi connectivity index (χ2n) is 1.77. The molecule has 0 heterocycles. The van der Waals surface area contributed by atoms with Crippen molar-refractivity contribution in [1.29, 1.82) is 0 Å². The Labute approximate surface area is 35.2 Å². The van der Waals surface area contributed by atoms with Crippen molar-refractivity contribution >= 4 is 35.9 Å². The molecule has 0 fully saturated rings. The van der Waals surface area contributed by atoms with Gasteiger partial charge in [0.1, 0.15) is 0 Å². The molecule has 7 heavy (non-hydrogen) atoms. The summed E-state index contributed by atoms with van der Waals surface area (Å²) in [5.74, 6) is 0. The Kier molecular flexibility index (Phi) is 0.819. The van der Waals surface area contributed by atoms with Crippen LogP contribution in [0.5, 0.6) is 0 Å². The van der Waals surface area contributed by atoms with Gasteiger partial charge in [0.05, 0.1) is 0 Å². The van der Waals surface area contributed by atoms with Crippen LogP contribution in [0.4, 0.5) is 0 Å². The zero-order chi connectivity index (χ0) is 6.41. The molecule has 0 aromatic heterocycles. The summed E-state index contributed by atoms with van der Waals surface area (Å²) in [6.07, 6.45) is 0. The fourth-order valence-corrected chi connectivity index (χ4v) is 0. The average Bonchev–Trinajstić information content (AvgIpc) is 0.592. The first-order chi connectivity index (χ1) is 2.45. The van der Waals surface area contributed by atoms with Crippen molar-refractivity contribution in [2.75, 3.05) is 0 Å². The monoisotopic (exact) mass is 234 g/mol. The Hall–Kier alpha value is 0.371. The molecule has 0 aliphatic carbocycles. The molecule has 0 N–H and O–H groups in total. The van der Waals surface area contributed by atoms with Gasteiger partial charge in [0, 0.05) is 0 Å². The van der Waals surface area contributed by atoms with Gasteiger partial charge in [-0.05, 0) is 0 Å². The predicted octanol–water partition coefficient (Wildman–Crippen LogP) is -1.09. The number of hydrogen-bond donors (Lipinski definition) is 0. The molecule has 6 nitrogen and oxygen atoms in total. The second kappa shape index (κ2) is 0.778. The Morgan fingerprint density at radius 1 is 0.571 bits per heavy atom. The van der Waals surface area contributed by atoms with Crippen molar-refractivity contribution in [1.82, 2.24) is 0 Å². The Balaban J connectivity index is 8.86. The summed E-state index contributed by atoms with van der Waals surface area (Å²) < 4.78 is 52.2. The van der Waals surface area contributed by atoms with Gasteiger partial charge in [-0.2, -0.15) is 0 Å². The molecule has 0 spiro atoms. The molecule has 7 heteroatoms. The first-order valence-corrected chi connectivity index (χ1v) is 12.6. The van der Waals surface area contributed by atoms with Gasteiger partial charge in [-0.15, -0.1) is 0 Å². The summed E-state index contributed by atoms with van der Waals surface area (Å²) in [4.78, 5) is 0. The standard InChI is InChI=1S/Ba.6O. The van der Waals surface area contributed by atoms with Crippen LogP contribution < -0.4 is 0 Å². The van der Waals surface area contributed by atoms with E-state index in [2.05, 4.69) is 0 Å². The van der Waals surface area contributed by atoms with E-state index in [1.54, 1.807) is 0 Å². The van der Waals surface area contributed by atoms with E-state index in [0.29, 0.717) is 0 Å². The van der Waals surface area contributed by atoms with Gasteiger partial charge in [-0.1, -0.05) is 0 Å². The zero-order valence-electron chi connectivity index (χ0n) is 3.16. The Bertz CT molecular complexity index is 432. The van der Waals surface area contributed by atoms with Crippen LogP contribution in [0.15, 0.2) is 0 Å². The van der Waals surface area contributed by atoms with Crippen LogP contribution in [0.3, 0.4) is 0 Å². The van der Waals surface area contributed by atoms with Crippen molar-refractivity contribution in [2.45, 2.75) is 0 Å². The van der Waals surface area contributed by atoms with E-state index < -0.39 is 35.9 Å². The van der Waals surface area contributed by atoms with Gasteiger partial charge >= 0.3 is 36.1 Å². The average molecular weight is 233 g/mol. The van der Waals surface area contributed by atoms with Crippen LogP contribution in [0, 0.1) is 0 Å². The normalized spacial score (nSPS) is 22.3. The van der Waals surface area contributed by atoms with Crippen LogP contribution >= 0.6 is 0 Å². The van der Waals surface area contributed by atoms with Crippen LogP contribution in [-0.4, -0.2) is 35.9 Å². The molecule has 0 bridgehead atoms. The van der Waals surface area contributed by atoms with Gasteiger partial charge in [-0.25, -0.2) is 0 Å². The van der Waals surface area contributed by atoms with E-state index in [9.17, 15) is 0 Å². The molecular formula is BaO6. The second-order valence-corrected chi connectivity index (χ2v) is 12.9. The van der Waals surface area contributed by atoms with Crippen molar-refractivity contribution in [3.63, 3.8) is 0 Å². The van der Waals surface area contributed by atoms with E-state index in [0.717, 1.165) is 0 Å². The van der Waals surface area contributed by atoms with Gasteiger partial charge in [0.15, 0.2) is 0 Å². The van der Waals surface area contributed by atoms with Gasteiger partial charge in [-0.3, -0.25) is 0 Å². The summed E-state index contributed by atoms with van der Waals surface area (Å²) in [7, 11) is 0. The molecular weight excluding hydrogens is 233 g/mol. The molecule has 0 aromatic rings. The third kappa shape index (κ3) is 883. The van der Waals surface area contributed by atoms with E-state index in [4.69, 9.17) is 0.239 Å². The van der Waals surface area contributed by atoms with Crippen molar-refractivity contribution < 1.29 is 0.239 Å². The van der Waals surface area contributed by atoms with Gasteiger partial charge in [0.25, 0.3) is 0 Å². The molecule has 0 aliphatic heterocycles. The topological polar surface area (TPSA) is 102 Å². The molecule has 0 saturated carbocycles. The minimum absolute atomic E-state index is 8.70. The molecule has 38 valence electrons. The third-order valence-corrected chi connectivity index (χ3v) is 0. The maximum absolute atomic E-state index is 9.99. The third-order valence-electron chi connectivity index (χ3n) is 0. The van der Waals surface area contributed by atoms with Crippen molar-refractivity contribution in [3.05, 3.63) is 0 Å². The summed E-state index contributed by atoms with van der Waals surface area (Å²) in [5, 5.41) is 0. The molecule has 0 amide bonds. The first kappa shape index (κ1) is 7.37.